The predicted octanol–water partition coefficient (Wildman–Crippen LogP) is -0.498. The number of sulfonamides is 1. The molecule has 2 rings (SSSR count). The highest BCUT2D eigenvalue weighted by Crippen LogP contribution is 2.16. The van der Waals surface area contributed by atoms with Gasteiger partial charge in [-0.05, 0) is 33.5 Å². The maximum absolute atomic E-state index is 12.2. The molecule has 7 nitrogen and oxygen atoms in total. The zero-order chi connectivity index (χ0) is 13.9. The van der Waals surface area contributed by atoms with Gasteiger partial charge in [-0.15, -0.1) is 0 Å². The molecular weight excluding hydrogens is 266 g/mol. The Morgan fingerprint density at radius 1 is 1.58 bits per heavy atom. The van der Waals surface area contributed by atoms with E-state index in [4.69, 9.17) is 0 Å². The van der Waals surface area contributed by atoms with E-state index in [1.54, 1.807) is 7.05 Å². The number of aromatic amines is 1. The lowest BCUT2D eigenvalue weighted by Gasteiger charge is -2.19. The molecule has 108 valence electrons. The number of likely N-dealkylation sites (N-methyl/N-ethyl adjacent to an activating group) is 1. The van der Waals surface area contributed by atoms with Crippen LogP contribution in [0.3, 0.4) is 0 Å². The molecule has 1 aliphatic heterocycles. The van der Waals surface area contributed by atoms with Gasteiger partial charge < -0.3 is 10.2 Å². The summed E-state index contributed by atoms with van der Waals surface area (Å²) in [5.41, 5.74) is 0.648. The second-order valence-electron chi connectivity index (χ2n) is 4.88. The largest absolute Gasteiger partial charge is 0.316 e. The van der Waals surface area contributed by atoms with Crippen molar-refractivity contribution < 1.29 is 8.42 Å². The molecule has 1 unspecified atom stereocenters. The maximum Gasteiger partial charge on any atom is 0.257 e. The summed E-state index contributed by atoms with van der Waals surface area (Å²) in [6, 6.07) is 0.283. The molecule has 1 aromatic heterocycles. The number of aromatic nitrogens is 2. The fourth-order valence-corrected chi connectivity index (χ4v) is 3.56. The van der Waals surface area contributed by atoms with Crippen molar-refractivity contribution in [1.29, 1.82) is 0 Å². The van der Waals surface area contributed by atoms with Crippen LogP contribution in [0.25, 0.3) is 0 Å². The van der Waals surface area contributed by atoms with Crippen LogP contribution in [0.15, 0.2) is 11.2 Å². The van der Waals surface area contributed by atoms with Gasteiger partial charge in [-0.25, -0.2) is 13.1 Å². The molecule has 0 saturated carbocycles. The van der Waals surface area contributed by atoms with Gasteiger partial charge in [0.2, 0.25) is 0 Å². The molecule has 1 aliphatic rings. The molecule has 0 aliphatic carbocycles. The zero-order valence-corrected chi connectivity index (χ0v) is 12.1. The van der Waals surface area contributed by atoms with Crippen LogP contribution in [-0.2, 0) is 16.6 Å². The molecule has 1 aromatic rings. The Kier molecular flexibility index (Phi) is 4.56. The van der Waals surface area contributed by atoms with Crippen LogP contribution >= 0.6 is 0 Å². The van der Waals surface area contributed by atoms with Crippen LogP contribution in [0.1, 0.15) is 18.4 Å². The molecule has 19 heavy (non-hydrogen) atoms. The molecule has 8 heteroatoms. The summed E-state index contributed by atoms with van der Waals surface area (Å²) in [6.07, 6.45) is 3.69. The Morgan fingerprint density at radius 3 is 3.00 bits per heavy atom. The fourth-order valence-electron chi connectivity index (χ4n) is 2.36. The van der Waals surface area contributed by atoms with Crippen molar-refractivity contribution in [2.75, 3.05) is 27.2 Å². The lowest BCUT2D eigenvalue weighted by atomic mass is 10.2. The molecule has 0 amide bonds. The molecule has 1 fully saturated rings. The Morgan fingerprint density at radius 2 is 2.37 bits per heavy atom. The number of nitrogens with one attached hydrogen (secondary N) is 3. The molecular formula is C11H21N5O2S. The van der Waals surface area contributed by atoms with Gasteiger partial charge in [0.15, 0.2) is 5.03 Å². The first kappa shape index (κ1) is 14.4. The summed E-state index contributed by atoms with van der Waals surface area (Å²) < 4.78 is 27.1. The van der Waals surface area contributed by atoms with Gasteiger partial charge >= 0.3 is 0 Å². The second kappa shape index (κ2) is 6.00. The number of H-pyrrole nitrogens is 1. The van der Waals surface area contributed by atoms with Crippen LogP contribution in [0.5, 0.6) is 0 Å². The summed E-state index contributed by atoms with van der Waals surface area (Å²) in [4.78, 5) is 2.18. The normalized spacial score (nSPS) is 21.1. The van der Waals surface area contributed by atoms with Gasteiger partial charge in [0.05, 0.1) is 6.20 Å². The summed E-state index contributed by atoms with van der Waals surface area (Å²) in [7, 11) is 0.275. The van der Waals surface area contributed by atoms with Gasteiger partial charge in [-0.1, -0.05) is 0 Å². The first-order valence-corrected chi connectivity index (χ1v) is 7.89. The highest BCUT2D eigenvalue weighted by molar-refractivity contribution is 7.89. The lowest BCUT2D eigenvalue weighted by Crippen LogP contribution is -2.38. The van der Waals surface area contributed by atoms with Crippen LogP contribution < -0.4 is 10.0 Å². The van der Waals surface area contributed by atoms with E-state index < -0.39 is 10.0 Å². The Bertz CT molecular complexity index is 513. The van der Waals surface area contributed by atoms with Crippen LogP contribution in [-0.4, -0.2) is 56.7 Å². The topological polar surface area (TPSA) is 90.1 Å². The van der Waals surface area contributed by atoms with E-state index in [-0.39, 0.29) is 11.1 Å². The molecule has 0 radical (unpaired) electrons. The highest BCUT2D eigenvalue weighted by atomic mass is 32.2. The van der Waals surface area contributed by atoms with Crippen molar-refractivity contribution in [3.05, 3.63) is 11.8 Å². The number of nitrogens with zero attached hydrogens (tertiary/aromatic N) is 2. The fraction of sp³-hybridized carbons (Fsp3) is 0.727. The molecule has 1 atom stereocenters. The molecule has 0 aromatic carbocycles. The average Bonchev–Trinajstić information content (AvgIpc) is 2.97. The first-order valence-electron chi connectivity index (χ1n) is 6.41. The van der Waals surface area contributed by atoms with Gasteiger partial charge in [0.1, 0.15) is 0 Å². The molecule has 1 saturated heterocycles. The third-order valence-electron chi connectivity index (χ3n) is 3.49. The average molecular weight is 287 g/mol. The van der Waals surface area contributed by atoms with E-state index in [1.165, 1.54) is 6.20 Å². The van der Waals surface area contributed by atoms with E-state index in [9.17, 15) is 8.42 Å². The van der Waals surface area contributed by atoms with E-state index in [1.807, 2.05) is 7.05 Å². The minimum Gasteiger partial charge on any atom is -0.316 e. The Balaban J connectivity index is 2.03. The predicted molar refractivity (Wildman–Crippen MR) is 72.2 cm³/mol. The van der Waals surface area contributed by atoms with Crippen LogP contribution in [0.4, 0.5) is 0 Å². The van der Waals surface area contributed by atoms with Crippen LogP contribution in [0.2, 0.25) is 0 Å². The first-order chi connectivity index (χ1) is 9.04. The van der Waals surface area contributed by atoms with E-state index in [0.717, 1.165) is 19.4 Å². The van der Waals surface area contributed by atoms with Crippen molar-refractivity contribution in [2.24, 2.45) is 0 Å². The van der Waals surface area contributed by atoms with Gasteiger partial charge in [0, 0.05) is 24.7 Å². The van der Waals surface area contributed by atoms with Crippen molar-refractivity contribution >= 4 is 10.0 Å². The van der Waals surface area contributed by atoms with Crippen molar-refractivity contribution in [2.45, 2.75) is 30.5 Å². The zero-order valence-electron chi connectivity index (χ0n) is 11.3. The van der Waals surface area contributed by atoms with Gasteiger partial charge in [-0.2, -0.15) is 5.10 Å². The van der Waals surface area contributed by atoms with Crippen molar-refractivity contribution in [3.63, 3.8) is 0 Å². The summed E-state index contributed by atoms with van der Waals surface area (Å²) in [5.74, 6) is 0. The maximum atomic E-state index is 12.2. The Labute approximate surface area is 113 Å². The highest BCUT2D eigenvalue weighted by Gasteiger charge is 2.25. The van der Waals surface area contributed by atoms with Crippen LogP contribution in [0, 0.1) is 0 Å². The Hall–Kier alpha value is -0.960. The number of rotatable bonds is 6. The minimum atomic E-state index is -3.52. The third-order valence-corrected chi connectivity index (χ3v) is 4.93. The molecule has 0 bridgehead atoms. The summed E-state index contributed by atoms with van der Waals surface area (Å²) >= 11 is 0. The SMILES string of the molecule is CNCc1cn[nH]c1S(=O)(=O)NCC1CCCN1C. The number of hydrogen-bond donors (Lipinski definition) is 3. The monoisotopic (exact) mass is 287 g/mol. The number of likely N-dealkylation sites (tertiary alicyclic amines) is 1. The van der Waals surface area contributed by atoms with Gasteiger partial charge in [0.25, 0.3) is 10.0 Å². The molecule has 0 spiro atoms. The van der Waals surface area contributed by atoms with E-state index in [0.29, 0.717) is 18.7 Å². The molecule has 3 N–H and O–H groups in total. The lowest BCUT2D eigenvalue weighted by molar-refractivity contribution is 0.310. The standard InChI is InChI=1S/C11H21N5O2S/c1-12-6-9-7-13-15-11(9)19(17,18)14-8-10-4-3-5-16(10)2/h7,10,12,14H,3-6,8H2,1-2H3,(H,13,15). The quantitative estimate of drug-likeness (QED) is 0.656. The number of hydrogen-bond acceptors (Lipinski definition) is 5. The van der Waals surface area contributed by atoms with Gasteiger partial charge in [-0.3, -0.25) is 5.10 Å². The summed E-state index contributed by atoms with van der Waals surface area (Å²) in [6.45, 7) is 1.94. The summed E-state index contributed by atoms with van der Waals surface area (Å²) in [5, 5.41) is 9.45. The molecule has 2 heterocycles. The van der Waals surface area contributed by atoms with E-state index in [2.05, 4.69) is 25.1 Å². The minimum absolute atomic E-state index is 0.155. The smallest absolute Gasteiger partial charge is 0.257 e. The van der Waals surface area contributed by atoms with Crippen molar-refractivity contribution in [3.8, 4) is 0 Å². The second-order valence-corrected chi connectivity index (χ2v) is 6.59. The third kappa shape index (κ3) is 3.33. The van der Waals surface area contributed by atoms with E-state index >= 15 is 0 Å². The van der Waals surface area contributed by atoms with Crippen molar-refractivity contribution in [1.82, 2.24) is 25.1 Å².